The molecule has 1 aromatic heterocycles. The predicted octanol–water partition coefficient (Wildman–Crippen LogP) is 3.24. The van der Waals surface area contributed by atoms with Crippen molar-refractivity contribution in [1.29, 1.82) is 0 Å². The lowest BCUT2D eigenvalue weighted by molar-refractivity contribution is -0.120. The molecule has 0 fully saturated rings. The zero-order chi connectivity index (χ0) is 17.4. The van der Waals surface area contributed by atoms with Gasteiger partial charge in [0.15, 0.2) is 5.16 Å². The Morgan fingerprint density at radius 1 is 1.42 bits per heavy atom. The quantitative estimate of drug-likeness (QED) is 0.538. The number of hydrogen-bond donors (Lipinski definition) is 2. The average Bonchev–Trinajstić information content (AvgIpc) is 3.03. The van der Waals surface area contributed by atoms with Gasteiger partial charge in [-0.05, 0) is 50.1 Å². The van der Waals surface area contributed by atoms with Crippen molar-refractivity contribution in [3.05, 3.63) is 36.3 Å². The van der Waals surface area contributed by atoms with Crippen molar-refractivity contribution in [2.75, 3.05) is 19.8 Å². The number of rotatable bonds is 9. The molecule has 0 aliphatic carbocycles. The van der Waals surface area contributed by atoms with Crippen molar-refractivity contribution < 1.29 is 13.9 Å². The number of ether oxygens (including phenoxy) is 1. The summed E-state index contributed by atoms with van der Waals surface area (Å²) in [4.78, 5) is 19.5. The molecule has 130 valence electrons. The lowest BCUT2D eigenvalue weighted by atomic mass is 10.2. The molecule has 2 aromatic rings. The number of halogens is 1. The molecule has 24 heavy (non-hydrogen) atoms. The van der Waals surface area contributed by atoms with Crippen LogP contribution < -0.4 is 5.32 Å². The summed E-state index contributed by atoms with van der Waals surface area (Å²) in [6.45, 7) is 5.72. The summed E-state index contributed by atoms with van der Waals surface area (Å²) in [5, 5.41) is 3.28. The van der Waals surface area contributed by atoms with Gasteiger partial charge in [-0.1, -0.05) is 11.8 Å². The fraction of sp³-hybridized carbons (Fsp3) is 0.412. The second-order valence-electron chi connectivity index (χ2n) is 5.21. The summed E-state index contributed by atoms with van der Waals surface area (Å²) in [5.41, 5.74) is 1.64. The number of hydrogen-bond acceptors (Lipinski definition) is 4. The fourth-order valence-electron chi connectivity index (χ4n) is 2.03. The molecule has 0 spiro atoms. The molecule has 0 aliphatic heterocycles. The molecule has 2 N–H and O–H groups in total. The van der Waals surface area contributed by atoms with Gasteiger partial charge in [-0.25, -0.2) is 9.37 Å². The molecule has 1 unspecified atom stereocenters. The van der Waals surface area contributed by atoms with Crippen LogP contribution in [0.2, 0.25) is 0 Å². The van der Waals surface area contributed by atoms with Gasteiger partial charge in [-0.15, -0.1) is 0 Å². The predicted molar refractivity (Wildman–Crippen MR) is 93.4 cm³/mol. The van der Waals surface area contributed by atoms with Crippen molar-refractivity contribution in [2.24, 2.45) is 0 Å². The van der Waals surface area contributed by atoms with E-state index in [1.165, 1.54) is 23.9 Å². The highest BCUT2D eigenvalue weighted by atomic mass is 32.2. The van der Waals surface area contributed by atoms with Crippen LogP contribution in [-0.4, -0.2) is 40.9 Å². The van der Waals surface area contributed by atoms with E-state index in [0.717, 1.165) is 17.7 Å². The highest BCUT2D eigenvalue weighted by molar-refractivity contribution is 8.00. The molecule has 1 atom stereocenters. The van der Waals surface area contributed by atoms with Crippen LogP contribution in [0.4, 0.5) is 4.39 Å². The number of carbonyl (C=O) groups excluding carboxylic acids is 1. The van der Waals surface area contributed by atoms with Crippen molar-refractivity contribution in [3.8, 4) is 11.3 Å². The molecule has 0 bridgehead atoms. The summed E-state index contributed by atoms with van der Waals surface area (Å²) in [7, 11) is 0. The number of aromatic amines is 1. The van der Waals surface area contributed by atoms with Crippen LogP contribution in [0.1, 0.15) is 20.3 Å². The van der Waals surface area contributed by atoms with E-state index in [0.29, 0.717) is 24.9 Å². The molecule has 1 heterocycles. The average molecular weight is 351 g/mol. The maximum atomic E-state index is 13.0. The van der Waals surface area contributed by atoms with Crippen LogP contribution in [0.25, 0.3) is 11.3 Å². The van der Waals surface area contributed by atoms with Gasteiger partial charge < -0.3 is 15.0 Å². The second-order valence-corrected chi connectivity index (χ2v) is 6.54. The number of H-pyrrole nitrogens is 1. The van der Waals surface area contributed by atoms with Crippen LogP contribution in [0.15, 0.2) is 35.6 Å². The maximum absolute atomic E-state index is 13.0. The first-order chi connectivity index (χ1) is 11.6. The zero-order valence-corrected chi connectivity index (χ0v) is 14.7. The molecular formula is C17H22FN3O2S. The Labute approximate surface area is 145 Å². The Kier molecular flexibility index (Phi) is 7.27. The SMILES string of the molecule is CCOCCCNC(=O)C(C)Sc1ncc(-c2ccc(F)cc2)[nH]1. The van der Waals surface area contributed by atoms with E-state index in [1.54, 1.807) is 18.3 Å². The smallest absolute Gasteiger partial charge is 0.233 e. The maximum Gasteiger partial charge on any atom is 0.233 e. The van der Waals surface area contributed by atoms with E-state index in [-0.39, 0.29) is 17.0 Å². The number of carbonyl (C=O) groups is 1. The third-order valence-electron chi connectivity index (χ3n) is 3.33. The Balaban J connectivity index is 1.82. The van der Waals surface area contributed by atoms with Crippen LogP contribution in [0.5, 0.6) is 0 Å². The Morgan fingerprint density at radius 2 is 2.17 bits per heavy atom. The molecule has 0 saturated carbocycles. The first-order valence-electron chi connectivity index (χ1n) is 7.93. The molecule has 5 nitrogen and oxygen atoms in total. The van der Waals surface area contributed by atoms with Gasteiger partial charge in [0.1, 0.15) is 5.82 Å². The van der Waals surface area contributed by atoms with Crippen LogP contribution in [0, 0.1) is 5.82 Å². The Morgan fingerprint density at radius 3 is 2.88 bits per heavy atom. The summed E-state index contributed by atoms with van der Waals surface area (Å²) in [6.07, 6.45) is 2.48. The number of aromatic nitrogens is 2. The van der Waals surface area contributed by atoms with Crippen molar-refractivity contribution in [2.45, 2.75) is 30.7 Å². The van der Waals surface area contributed by atoms with E-state index >= 15 is 0 Å². The fourth-order valence-corrected chi connectivity index (χ4v) is 2.84. The van der Waals surface area contributed by atoms with Crippen molar-refractivity contribution >= 4 is 17.7 Å². The largest absolute Gasteiger partial charge is 0.382 e. The zero-order valence-electron chi connectivity index (χ0n) is 13.8. The highest BCUT2D eigenvalue weighted by Gasteiger charge is 2.16. The van der Waals surface area contributed by atoms with Crippen molar-refractivity contribution in [1.82, 2.24) is 15.3 Å². The van der Waals surface area contributed by atoms with Gasteiger partial charge in [0.05, 0.1) is 17.1 Å². The number of amides is 1. The molecule has 7 heteroatoms. The minimum Gasteiger partial charge on any atom is -0.382 e. The molecule has 1 amide bonds. The Bertz CT molecular complexity index is 646. The molecule has 2 rings (SSSR count). The third kappa shape index (κ3) is 5.65. The van der Waals surface area contributed by atoms with E-state index in [1.807, 2.05) is 13.8 Å². The minimum absolute atomic E-state index is 0.0313. The molecule has 0 aliphatic rings. The number of imidazole rings is 1. The van der Waals surface area contributed by atoms with E-state index in [4.69, 9.17) is 4.74 Å². The number of nitrogens with one attached hydrogen (secondary N) is 2. The summed E-state index contributed by atoms with van der Waals surface area (Å²) in [5.74, 6) is -0.307. The monoisotopic (exact) mass is 351 g/mol. The number of benzene rings is 1. The first-order valence-corrected chi connectivity index (χ1v) is 8.81. The van der Waals surface area contributed by atoms with Crippen molar-refractivity contribution in [3.63, 3.8) is 0 Å². The Hall–Kier alpha value is -1.86. The number of thioether (sulfide) groups is 1. The van der Waals surface area contributed by atoms with Crippen LogP contribution in [-0.2, 0) is 9.53 Å². The molecule has 0 saturated heterocycles. The standard InChI is InChI=1S/C17H22FN3O2S/c1-3-23-10-4-9-19-16(22)12(2)24-17-20-11-15(21-17)13-5-7-14(18)8-6-13/h5-8,11-12H,3-4,9-10H2,1-2H3,(H,19,22)(H,20,21). The van der Waals surface area contributed by atoms with Gasteiger partial charge in [-0.3, -0.25) is 4.79 Å². The summed E-state index contributed by atoms with van der Waals surface area (Å²) in [6, 6.07) is 6.18. The molecule has 0 radical (unpaired) electrons. The molecular weight excluding hydrogens is 329 g/mol. The molecule has 1 aromatic carbocycles. The normalized spacial score (nSPS) is 12.1. The van der Waals surface area contributed by atoms with E-state index in [2.05, 4.69) is 15.3 Å². The van der Waals surface area contributed by atoms with E-state index in [9.17, 15) is 9.18 Å². The van der Waals surface area contributed by atoms with E-state index < -0.39 is 0 Å². The van der Waals surface area contributed by atoms with Crippen LogP contribution in [0.3, 0.4) is 0 Å². The lowest BCUT2D eigenvalue weighted by Gasteiger charge is -2.10. The van der Waals surface area contributed by atoms with Gasteiger partial charge in [0.2, 0.25) is 5.91 Å². The summed E-state index contributed by atoms with van der Waals surface area (Å²) < 4.78 is 18.2. The third-order valence-corrected chi connectivity index (χ3v) is 4.33. The lowest BCUT2D eigenvalue weighted by Crippen LogP contribution is -2.32. The highest BCUT2D eigenvalue weighted by Crippen LogP contribution is 2.24. The topological polar surface area (TPSA) is 67.0 Å². The van der Waals surface area contributed by atoms with Gasteiger partial charge in [0.25, 0.3) is 0 Å². The first kappa shape index (κ1) is 18.5. The van der Waals surface area contributed by atoms with Gasteiger partial charge >= 0.3 is 0 Å². The van der Waals surface area contributed by atoms with Crippen LogP contribution >= 0.6 is 11.8 Å². The van der Waals surface area contributed by atoms with Gasteiger partial charge in [0, 0.05) is 19.8 Å². The minimum atomic E-state index is -0.275. The number of nitrogens with zero attached hydrogens (tertiary/aromatic N) is 1. The second kappa shape index (κ2) is 9.44. The van der Waals surface area contributed by atoms with Gasteiger partial charge in [-0.2, -0.15) is 0 Å². The summed E-state index contributed by atoms with van der Waals surface area (Å²) >= 11 is 1.35.